The standard InChI is InChI=1S/C23H25N3O3/c1-3-29-19-11-9-18(10-12-19)24-23(27)26-15-14-25-13-5-8-21(25)22(26)17-6-4-7-20(16-17)28-2/h4-13,16,22H,3,14-15H2,1-2H3,(H,24,27). The zero-order valence-electron chi connectivity index (χ0n) is 16.7. The maximum absolute atomic E-state index is 13.2. The number of rotatable bonds is 5. The van der Waals surface area contributed by atoms with E-state index < -0.39 is 0 Å². The second kappa shape index (κ2) is 8.31. The Hall–Kier alpha value is -3.41. The smallest absolute Gasteiger partial charge is 0.322 e. The highest BCUT2D eigenvalue weighted by Gasteiger charge is 2.32. The van der Waals surface area contributed by atoms with E-state index in [4.69, 9.17) is 9.47 Å². The van der Waals surface area contributed by atoms with Gasteiger partial charge < -0.3 is 24.3 Å². The Balaban J connectivity index is 1.61. The molecule has 150 valence electrons. The topological polar surface area (TPSA) is 55.7 Å². The van der Waals surface area contributed by atoms with Gasteiger partial charge in [-0.1, -0.05) is 12.1 Å². The number of fused-ring (bicyclic) bond motifs is 1. The number of urea groups is 1. The van der Waals surface area contributed by atoms with Crippen molar-refractivity contribution in [1.82, 2.24) is 9.47 Å². The van der Waals surface area contributed by atoms with Crippen LogP contribution in [0.3, 0.4) is 0 Å². The molecule has 2 aromatic carbocycles. The van der Waals surface area contributed by atoms with Crippen LogP contribution in [0.1, 0.15) is 24.2 Å². The van der Waals surface area contributed by atoms with Crippen LogP contribution in [-0.4, -0.2) is 35.8 Å². The zero-order chi connectivity index (χ0) is 20.2. The van der Waals surface area contributed by atoms with Crippen LogP contribution in [0, 0.1) is 0 Å². The zero-order valence-corrected chi connectivity index (χ0v) is 16.7. The number of methoxy groups -OCH3 is 1. The van der Waals surface area contributed by atoms with Crippen molar-refractivity contribution in [2.75, 3.05) is 25.6 Å². The maximum Gasteiger partial charge on any atom is 0.322 e. The molecule has 2 amide bonds. The summed E-state index contributed by atoms with van der Waals surface area (Å²) in [6, 6.07) is 19.1. The van der Waals surface area contributed by atoms with Gasteiger partial charge in [-0.2, -0.15) is 0 Å². The highest BCUT2D eigenvalue weighted by molar-refractivity contribution is 5.90. The van der Waals surface area contributed by atoms with E-state index in [-0.39, 0.29) is 12.1 Å². The van der Waals surface area contributed by atoms with Crippen LogP contribution in [0.2, 0.25) is 0 Å². The van der Waals surface area contributed by atoms with E-state index in [1.54, 1.807) is 7.11 Å². The molecule has 6 nitrogen and oxygen atoms in total. The first-order chi connectivity index (χ1) is 14.2. The first kappa shape index (κ1) is 18.9. The van der Waals surface area contributed by atoms with Gasteiger partial charge in [0.05, 0.1) is 19.8 Å². The van der Waals surface area contributed by atoms with Gasteiger partial charge in [0.25, 0.3) is 0 Å². The number of anilines is 1. The largest absolute Gasteiger partial charge is 0.497 e. The molecule has 1 aromatic heterocycles. The number of aromatic nitrogens is 1. The maximum atomic E-state index is 13.2. The molecule has 29 heavy (non-hydrogen) atoms. The van der Waals surface area contributed by atoms with E-state index in [2.05, 4.69) is 22.1 Å². The fourth-order valence-corrected chi connectivity index (χ4v) is 3.76. The monoisotopic (exact) mass is 391 g/mol. The Morgan fingerprint density at radius 3 is 2.66 bits per heavy atom. The van der Waals surface area contributed by atoms with Crippen molar-refractivity contribution in [3.63, 3.8) is 0 Å². The second-order valence-electron chi connectivity index (χ2n) is 6.89. The van der Waals surface area contributed by atoms with Crippen molar-refractivity contribution in [3.05, 3.63) is 78.1 Å². The Morgan fingerprint density at radius 2 is 1.90 bits per heavy atom. The van der Waals surface area contributed by atoms with E-state index in [9.17, 15) is 4.79 Å². The molecule has 0 saturated carbocycles. The number of hydrogen-bond donors (Lipinski definition) is 1. The number of carbonyl (C=O) groups excluding carboxylic acids is 1. The van der Waals surface area contributed by atoms with Crippen molar-refractivity contribution < 1.29 is 14.3 Å². The van der Waals surface area contributed by atoms with E-state index >= 15 is 0 Å². The summed E-state index contributed by atoms with van der Waals surface area (Å²) in [6.45, 7) is 3.94. The summed E-state index contributed by atoms with van der Waals surface area (Å²) in [7, 11) is 1.65. The Kier molecular flexibility index (Phi) is 5.42. The first-order valence-corrected chi connectivity index (χ1v) is 9.79. The fraction of sp³-hybridized carbons (Fsp3) is 0.261. The van der Waals surface area contributed by atoms with Gasteiger partial charge in [-0.25, -0.2) is 4.79 Å². The average molecular weight is 391 g/mol. The lowest BCUT2D eigenvalue weighted by atomic mass is 10.00. The summed E-state index contributed by atoms with van der Waals surface area (Å²) < 4.78 is 13.1. The summed E-state index contributed by atoms with van der Waals surface area (Å²) in [4.78, 5) is 15.1. The van der Waals surface area contributed by atoms with Gasteiger partial charge in [0, 0.05) is 30.7 Å². The van der Waals surface area contributed by atoms with Gasteiger partial charge in [0.1, 0.15) is 11.5 Å². The number of amides is 2. The summed E-state index contributed by atoms with van der Waals surface area (Å²) in [5.41, 5.74) is 2.85. The van der Waals surface area contributed by atoms with Crippen LogP contribution in [0.5, 0.6) is 11.5 Å². The van der Waals surface area contributed by atoms with Crippen LogP contribution in [0.15, 0.2) is 66.9 Å². The molecule has 6 heteroatoms. The molecule has 1 unspecified atom stereocenters. The molecule has 0 aliphatic carbocycles. The van der Waals surface area contributed by atoms with Gasteiger partial charge in [0.2, 0.25) is 0 Å². The van der Waals surface area contributed by atoms with Crippen LogP contribution < -0.4 is 14.8 Å². The second-order valence-corrected chi connectivity index (χ2v) is 6.89. The van der Waals surface area contributed by atoms with Crippen LogP contribution in [0.4, 0.5) is 10.5 Å². The minimum absolute atomic E-state index is 0.130. The molecule has 1 aliphatic rings. The number of nitrogens with zero attached hydrogens (tertiary/aromatic N) is 2. The lowest BCUT2D eigenvalue weighted by Crippen LogP contribution is -2.44. The van der Waals surface area contributed by atoms with Crippen LogP contribution >= 0.6 is 0 Å². The molecule has 0 fully saturated rings. The van der Waals surface area contributed by atoms with Crippen LogP contribution in [-0.2, 0) is 6.54 Å². The normalized spacial score (nSPS) is 15.5. The minimum Gasteiger partial charge on any atom is -0.497 e. The van der Waals surface area contributed by atoms with Gasteiger partial charge in [-0.15, -0.1) is 0 Å². The molecule has 1 atom stereocenters. The fourth-order valence-electron chi connectivity index (χ4n) is 3.76. The third-order valence-corrected chi connectivity index (χ3v) is 5.13. The number of carbonyl (C=O) groups is 1. The number of nitrogens with one attached hydrogen (secondary N) is 1. The molecule has 0 saturated heterocycles. The van der Waals surface area contributed by atoms with E-state index in [0.717, 1.165) is 35.0 Å². The van der Waals surface area contributed by atoms with Crippen molar-refractivity contribution >= 4 is 11.7 Å². The van der Waals surface area contributed by atoms with E-state index in [1.807, 2.05) is 66.4 Å². The summed E-state index contributed by atoms with van der Waals surface area (Å²) in [5, 5.41) is 3.02. The molecule has 0 bridgehead atoms. The Morgan fingerprint density at radius 1 is 1.07 bits per heavy atom. The van der Waals surface area contributed by atoms with Crippen molar-refractivity contribution in [1.29, 1.82) is 0 Å². The first-order valence-electron chi connectivity index (χ1n) is 9.79. The minimum atomic E-state index is -0.184. The molecular weight excluding hydrogens is 366 g/mol. The molecular formula is C23H25N3O3. The van der Waals surface area contributed by atoms with Gasteiger partial charge in [0.15, 0.2) is 0 Å². The van der Waals surface area contributed by atoms with Crippen molar-refractivity contribution in [3.8, 4) is 11.5 Å². The lowest BCUT2D eigenvalue weighted by molar-refractivity contribution is 0.181. The summed E-state index contributed by atoms with van der Waals surface area (Å²) in [6.07, 6.45) is 2.06. The third kappa shape index (κ3) is 3.92. The molecule has 1 aliphatic heterocycles. The van der Waals surface area contributed by atoms with Gasteiger partial charge >= 0.3 is 6.03 Å². The molecule has 4 rings (SSSR count). The lowest BCUT2D eigenvalue weighted by Gasteiger charge is -2.37. The molecule has 3 aromatic rings. The van der Waals surface area contributed by atoms with Crippen LogP contribution in [0.25, 0.3) is 0 Å². The van der Waals surface area contributed by atoms with Crippen molar-refractivity contribution in [2.45, 2.75) is 19.5 Å². The summed E-state index contributed by atoms with van der Waals surface area (Å²) >= 11 is 0. The highest BCUT2D eigenvalue weighted by Crippen LogP contribution is 2.34. The molecule has 0 radical (unpaired) electrons. The predicted octanol–water partition coefficient (Wildman–Crippen LogP) is 4.53. The molecule has 0 spiro atoms. The van der Waals surface area contributed by atoms with Crippen molar-refractivity contribution in [2.24, 2.45) is 0 Å². The highest BCUT2D eigenvalue weighted by atomic mass is 16.5. The average Bonchev–Trinajstić information content (AvgIpc) is 3.23. The predicted molar refractivity (Wildman–Crippen MR) is 113 cm³/mol. The molecule has 2 heterocycles. The van der Waals surface area contributed by atoms with E-state index in [1.165, 1.54) is 0 Å². The number of ether oxygens (including phenoxy) is 2. The Bertz CT molecular complexity index is 981. The van der Waals surface area contributed by atoms with Gasteiger partial charge in [-0.3, -0.25) is 0 Å². The molecule has 1 N–H and O–H groups in total. The van der Waals surface area contributed by atoms with E-state index in [0.29, 0.717) is 13.2 Å². The van der Waals surface area contributed by atoms with Gasteiger partial charge in [-0.05, 0) is 61.0 Å². The third-order valence-electron chi connectivity index (χ3n) is 5.13. The number of benzene rings is 2. The quantitative estimate of drug-likeness (QED) is 0.695. The Labute approximate surface area is 170 Å². The summed E-state index contributed by atoms with van der Waals surface area (Å²) in [5.74, 6) is 1.56. The number of hydrogen-bond acceptors (Lipinski definition) is 3. The SMILES string of the molecule is CCOc1ccc(NC(=O)N2CCn3cccc3C2c2cccc(OC)c2)cc1.